The van der Waals surface area contributed by atoms with E-state index < -0.39 is 30.2 Å². The molecular weight excluding hydrogens is 246 g/mol. The number of alkyl halides is 2. The van der Waals surface area contributed by atoms with Crippen LogP contribution in [-0.4, -0.2) is 41.6 Å². The molecule has 1 fully saturated rings. The predicted octanol–water partition coefficient (Wildman–Crippen LogP) is 2.94. The quantitative estimate of drug-likeness (QED) is 0.413. The van der Waals surface area contributed by atoms with Crippen LogP contribution in [-0.2, 0) is 4.74 Å². The second-order valence-corrected chi connectivity index (χ2v) is 5.17. The summed E-state index contributed by atoms with van der Waals surface area (Å²) in [7, 11) is 0. The fourth-order valence-electron chi connectivity index (χ4n) is 1.62. The van der Waals surface area contributed by atoms with Gasteiger partial charge in [0.05, 0.1) is 6.54 Å². The maximum absolute atomic E-state index is 13.6. The molecule has 8 heteroatoms. The van der Waals surface area contributed by atoms with Gasteiger partial charge in [-0.05, 0) is 32.7 Å². The molecule has 1 rings (SSSR count). The third-order valence-electron chi connectivity index (χ3n) is 2.40. The summed E-state index contributed by atoms with van der Waals surface area (Å²) in [4.78, 5) is 15.0. The topological polar surface area (TPSA) is 78.3 Å². The Labute approximate surface area is 104 Å². The Kier molecular flexibility index (Phi) is 4.01. The van der Waals surface area contributed by atoms with Crippen LogP contribution < -0.4 is 0 Å². The molecule has 0 radical (unpaired) electrons. The van der Waals surface area contributed by atoms with Crippen LogP contribution >= 0.6 is 0 Å². The monoisotopic (exact) mass is 262 g/mol. The Morgan fingerprint density at radius 3 is 2.61 bits per heavy atom. The van der Waals surface area contributed by atoms with E-state index in [-0.39, 0.29) is 13.0 Å². The minimum atomic E-state index is -3.22. The molecule has 1 aliphatic heterocycles. The number of carbonyl (C=O) groups is 1. The molecule has 1 saturated heterocycles. The molecule has 1 amide bonds. The van der Waals surface area contributed by atoms with Crippen molar-refractivity contribution in [3.8, 4) is 0 Å². The van der Waals surface area contributed by atoms with E-state index in [0.717, 1.165) is 4.90 Å². The molecule has 0 aliphatic carbocycles. The Bertz CT molecular complexity index is 375. The van der Waals surface area contributed by atoms with Crippen molar-refractivity contribution in [3.63, 3.8) is 0 Å². The summed E-state index contributed by atoms with van der Waals surface area (Å²) in [6.45, 7) is 4.29. The standard InChI is InChI=1S/C10H16F2N4O2/c1-9(2,3)18-8(17)16-5-4-7(14-15-13)10(11,12)6-16/h7H,4-6H2,1-3H3. The van der Waals surface area contributed by atoms with Gasteiger partial charge in [0, 0.05) is 11.5 Å². The van der Waals surface area contributed by atoms with E-state index in [9.17, 15) is 13.6 Å². The van der Waals surface area contributed by atoms with Crippen LogP contribution in [0.4, 0.5) is 13.6 Å². The SMILES string of the molecule is CC(C)(C)OC(=O)N1CCC(N=[N+]=[N-])C(F)(F)C1. The number of hydrogen-bond acceptors (Lipinski definition) is 3. The molecule has 0 saturated carbocycles. The van der Waals surface area contributed by atoms with Gasteiger partial charge in [0.25, 0.3) is 5.92 Å². The molecule has 0 N–H and O–H groups in total. The molecular formula is C10H16F2N4O2. The zero-order valence-corrected chi connectivity index (χ0v) is 10.6. The summed E-state index contributed by atoms with van der Waals surface area (Å²) in [6, 6.07) is -1.40. The van der Waals surface area contributed by atoms with Gasteiger partial charge in [-0.2, -0.15) is 0 Å². The first-order valence-electron chi connectivity index (χ1n) is 5.56. The summed E-state index contributed by atoms with van der Waals surface area (Å²) in [5.74, 6) is -3.22. The van der Waals surface area contributed by atoms with Gasteiger partial charge in [-0.3, -0.25) is 0 Å². The smallest absolute Gasteiger partial charge is 0.410 e. The van der Waals surface area contributed by atoms with Gasteiger partial charge in [-0.25, -0.2) is 13.6 Å². The molecule has 0 spiro atoms. The molecule has 102 valence electrons. The Morgan fingerprint density at radius 1 is 1.56 bits per heavy atom. The lowest BCUT2D eigenvalue weighted by atomic mass is 10.0. The maximum Gasteiger partial charge on any atom is 0.410 e. The lowest BCUT2D eigenvalue weighted by Gasteiger charge is -2.36. The van der Waals surface area contributed by atoms with Crippen LogP contribution in [0.5, 0.6) is 0 Å². The predicted molar refractivity (Wildman–Crippen MR) is 60.3 cm³/mol. The van der Waals surface area contributed by atoms with Gasteiger partial charge in [0.1, 0.15) is 11.6 Å². The Hall–Kier alpha value is -1.56. The highest BCUT2D eigenvalue weighted by Gasteiger charge is 2.46. The van der Waals surface area contributed by atoms with Crippen molar-refractivity contribution >= 4 is 6.09 Å². The molecule has 18 heavy (non-hydrogen) atoms. The minimum absolute atomic E-state index is 0.0731. The zero-order chi connectivity index (χ0) is 14.0. The van der Waals surface area contributed by atoms with Gasteiger partial charge in [0.2, 0.25) is 0 Å². The van der Waals surface area contributed by atoms with E-state index in [1.165, 1.54) is 0 Å². The summed E-state index contributed by atoms with van der Waals surface area (Å²) >= 11 is 0. The second-order valence-electron chi connectivity index (χ2n) is 5.17. The maximum atomic E-state index is 13.6. The third kappa shape index (κ3) is 3.73. The second kappa shape index (κ2) is 4.97. The average molecular weight is 262 g/mol. The molecule has 0 aromatic rings. The number of likely N-dealkylation sites (tertiary alicyclic amines) is 1. The minimum Gasteiger partial charge on any atom is -0.444 e. The lowest BCUT2D eigenvalue weighted by molar-refractivity contribution is -0.0818. The molecule has 1 atom stereocenters. The Morgan fingerprint density at radius 2 is 2.17 bits per heavy atom. The molecule has 6 nitrogen and oxygen atoms in total. The van der Waals surface area contributed by atoms with Crippen molar-refractivity contribution in [2.75, 3.05) is 13.1 Å². The van der Waals surface area contributed by atoms with Crippen molar-refractivity contribution in [3.05, 3.63) is 10.4 Å². The summed E-state index contributed by atoms with van der Waals surface area (Å²) in [5.41, 5.74) is 7.47. The molecule has 0 bridgehead atoms. The highest BCUT2D eigenvalue weighted by atomic mass is 19.3. The van der Waals surface area contributed by atoms with Crippen LogP contribution in [0.3, 0.4) is 0 Å². The van der Waals surface area contributed by atoms with E-state index in [4.69, 9.17) is 10.3 Å². The Balaban J connectivity index is 2.69. The van der Waals surface area contributed by atoms with Crippen molar-refractivity contribution in [1.82, 2.24) is 4.90 Å². The first kappa shape index (κ1) is 14.5. The highest BCUT2D eigenvalue weighted by molar-refractivity contribution is 5.68. The third-order valence-corrected chi connectivity index (χ3v) is 2.40. The van der Waals surface area contributed by atoms with Crippen molar-refractivity contribution in [1.29, 1.82) is 0 Å². The van der Waals surface area contributed by atoms with Crippen molar-refractivity contribution in [2.45, 2.75) is 44.8 Å². The molecule has 1 aliphatic rings. The summed E-state index contributed by atoms with van der Waals surface area (Å²) in [6.07, 6.45) is -0.849. The summed E-state index contributed by atoms with van der Waals surface area (Å²) < 4.78 is 32.2. The molecule has 1 heterocycles. The van der Waals surface area contributed by atoms with E-state index >= 15 is 0 Å². The fraction of sp³-hybridized carbons (Fsp3) is 0.900. The number of halogens is 2. The normalized spacial score (nSPS) is 23.2. The summed E-state index contributed by atoms with van der Waals surface area (Å²) in [5, 5.41) is 3.06. The molecule has 0 aromatic carbocycles. The van der Waals surface area contributed by atoms with Crippen molar-refractivity contribution < 1.29 is 18.3 Å². The molecule has 0 aromatic heterocycles. The largest absolute Gasteiger partial charge is 0.444 e. The number of amides is 1. The number of rotatable bonds is 1. The van der Waals surface area contributed by atoms with E-state index in [1.54, 1.807) is 20.8 Å². The van der Waals surface area contributed by atoms with Crippen LogP contribution in [0.2, 0.25) is 0 Å². The van der Waals surface area contributed by atoms with Crippen LogP contribution in [0.15, 0.2) is 5.11 Å². The molecule has 1 unspecified atom stereocenters. The van der Waals surface area contributed by atoms with E-state index in [1.807, 2.05) is 0 Å². The number of piperidine rings is 1. The van der Waals surface area contributed by atoms with Gasteiger partial charge in [-0.1, -0.05) is 5.11 Å². The van der Waals surface area contributed by atoms with Crippen LogP contribution in [0.1, 0.15) is 27.2 Å². The number of carbonyl (C=O) groups excluding carboxylic acids is 1. The average Bonchev–Trinajstić information content (AvgIpc) is 2.18. The van der Waals surface area contributed by atoms with Gasteiger partial charge in [-0.15, -0.1) is 0 Å². The zero-order valence-electron chi connectivity index (χ0n) is 10.6. The highest BCUT2D eigenvalue weighted by Crippen LogP contribution is 2.30. The first-order chi connectivity index (χ1) is 8.15. The van der Waals surface area contributed by atoms with Gasteiger partial charge >= 0.3 is 6.09 Å². The van der Waals surface area contributed by atoms with E-state index in [2.05, 4.69) is 10.0 Å². The van der Waals surface area contributed by atoms with Crippen LogP contribution in [0, 0.1) is 0 Å². The van der Waals surface area contributed by atoms with Gasteiger partial charge in [0.15, 0.2) is 0 Å². The van der Waals surface area contributed by atoms with Gasteiger partial charge < -0.3 is 9.64 Å². The fourth-order valence-corrected chi connectivity index (χ4v) is 1.62. The number of ether oxygens (including phenoxy) is 1. The number of nitrogens with zero attached hydrogens (tertiary/aromatic N) is 4. The number of azide groups is 1. The number of hydrogen-bond donors (Lipinski definition) is 0. The first-order valence-corrected chi connectivity index (χ1v) is 5.56. The van der Waals surface area contributed by atoms with Crippen molar-refractivity contribution in [2.24, 2.45) is 5.11 Å². The van der Waals surface area contributed by atoms with Crippen LogP contribution in [0.25, 0.3) is 10.4 Å². The lowest BCUT2D eigenvalue weighted by Crippen LogP contribution is -2.53. The van der Waals surface area contributed by atoms with E-state index in [0.29, 0.717) is 0 Å².